The highest BCUT2D eigenvalue weighted by Gasteiger charge is 1.77. The number of nitrogens with zero attached hydrogens (tertiary/aromatic N) is 3. The molecule has 0 radical (unpaired) electrons. The Morgan fingerprint density at radius 1 is 1.44 bits per heavy atom. The van der Waals surface area contributed by atoms with Crippen molar-refractivity contribution in [1.29, 1.82) is 0 Å². The first-order valence-electron chi connectivity index (χ1n) is 3.06. The van der Waals surface area contributed by atoms with Crippen LogP contribution in [0, 0.1) is 0 Å². The van der Waals surface area contributed by atoms with Gasteiger partial charge >= 0.3 is 0 Å². The summed E-state index contributed by atoms with van der Waals surface area (Å²) in [6.45, 7) is 3.89. The third-order valence-corrected chi connectivity index (χ3v) is 0.714. The minimum Gasteiger partial charge on any atom is -0.189 e. The van der Waals surface area contributed by atoms with Crippen LogP contribution in [0.15, 0.2) is 10.2 Å². The second-order valence-corrected chi connectivity index (χ2v) is 1.57. The monoisotopic (exact) mass is 127 g/mol. The summed E-state index contributed by atoms with van der Waals surface area (Å²) in [6.07, 6.45) is 4.46. The molecule has 0 heterocycles. The molecule has 0 aliphatic carbocycles. The third-order valence-electron chi connectivity index (χ3n) is 0.714. The van der Waals surface area contributed by atoms with E-state index in [-0.39, 0.29) is 0 Å². The van der Waals surface area contributed by atoms with E-state index in [9.17, 15) is 0 Å². The molecule has 0 bridgehead atoms. The van der Waals surface area contributed by atoms with Crippen LogP contribution < -0.4 is 0 Å². The van der Waals surface area contributed by atoms with Crippen molar-refractivity contribution in [3.63, 3.8) is 0 Å². The van der Waals surface area contributed by atoms with Gasteiger partial charge in [0, 0.05) is 19.5 Å². The van der Waals surface area contributed by atoms with Gasteiger partial charge in [-0.3, -0.25) is 0 Å². The summed E-state index contributed by atoms with van der Waals surface area (Å²) in [5.74, 6) is 0. The average molecular weight is 127 g/mol. The molecular weight excluding hydrogens is 114 g/mol. The maximum Gasteiger partial charge on any atom is 0.0495 e. The summed E-state index contributed by atoms with van der Waals surface area (Å²) in [7, 11) is 1.80. The highest BCUT2D eigenvalue weighted by molar-refractivity contribution is 5.56. The van der Waals surface area contributed by atoms with Crippen LogP contribution >= 0.6 is 0 Å². The highest BCUT2D eigenvalue weighted by atomic mass is 15.6. The Morgan fingerprint density at radius 3 is 2.56 bits per heavy atom. The Balaban J connectivity index is 3.48. The summed E-state index contributed by atoms with van der Waals surface area (Å²) in [4.78, 5) is 0. The van der Waals surface area contributed by atoms with Crippen LogP contribution in [-0.2, 0) is 0 Å². The van der Waals surface area contributed by atoms with Crippen LogP contribution in [-0.4, -0.2) is 24.6 Å². The van der Waals surface area contributed by atoms with Gasteiger partial charge in [0.15, 0.2) is 0 Å². The first kappa shape index (κ1) is 8.14. The van der Waals surface area contributed by atoms with Gasteiger partial charge in [-0.25, -0.2) is 0 Å². The average Bonchev–Trinajstić information content (AvgIpc) is 1.85. The van der Waals surface area contributed by atoms with E-state index in [1.54, 1.807) is 13.3 Å². The molecule has 0 saturated heterocycles. The summed E-state index contributed by atoms with van der Waals surface area (Å²) in [5.41, 5.74) is 0. The molecule has 0 rings (SSSR count). The van der Waals surface area contributed by atoms with Crippen LogP contribution in [0.25, 0.3) is 0 Å². The van der Waals surface area contributed by atoms with E-state index in [1.165, 1.54) is 5.12 Å². The molecule has 52 valence electrons. The molecule has 0 spiro atoms. The van der Waals surface area contributed by atoms with Gasteiger partial charge in [0.2, 0.25) is 0 Å². The van der Waals surface area contributed by atoms with E-state index in [2.05, 4.69) is 10.2 Å². The minimum absolute atomic E-state index is 0.948. The zero-order valence-electron chi connectivity index (χ0n) is 6.20. The Bertz CT molecular complexity index is 107. The third kappa shape index (κ3) is 5.00. The van der Waals surface area contributed by atoms with E-state index in [0.717, 1.165) is 6.42 Å². The maximum atomic E-state index is 3.94. The lowest BCUT2D eigenvalue weighted by Gasteiger charge is -2.01. The largest absolute Gasteiger partial charge is 0.189 e. The van der Waals surface area contributed by atoms with Gasteiger partial charge in [0.05, 0.1) is 0 Å². The lowest BCUT2D eigenvalue weighted by Crippen LogP contribution is -2.00. The summed E-state index contributed by atoms with van der Waals surface area (Å²) in [6, 6.07) is 0. The molecule has 0 aliphatic rings. The van der Waals surface area contributed by atoms with Crippen molar-refractivity contribution in [3.8, 4) is 0 Å². The van der Waals surface area contributed by atoms with Crippen LogP contribution in [0.3, 0.4) is 0 Å². The molecule has 3 nitrogen and oxygen atoms in total. The molecule has 0 unspecified atom stereocenters. The predicted molar refractivity (Wildman–Crippen MR) is 40.7 cm³/mol. The van der Waals surface area contributed by atoms with E-state index < -0.39 is 0 Å². The summed E-state index contributed by atoms with van der Waals surface area (Å²) < 4.78 is 0. The molecule has 0 aromatic heterocycles. The van der Waals surface area contributed by atoms with E-state index in [1.807, 2.05) is 20.1 Å². The molecule has 0 fully saturated rings. The minimum atomic E-state index is 0.948. The fourth-order valence-corrected chi connectivity index (χ4v) is 0.397. The van der Waals surface area contributed by atoms with Crippen molar-refractivity contribution in [2.75, 3.05) is 7.05 Å². The van der Waals surface area contributed by atoms with Crippen molar-refractivity contribution < 1.29 is 0 Å². The lowest BCUT2D eigenvalue weighted by atomic mass is 10.6. The van der Waals surface area contributed by atoms with Crippen molar-refractivity contribution in [2.24, 2.45) is 10.2 Å². The maximum absolute atomic E-state index is 3.94. The first-order chi connectivity index (χ1) is 4.31. The van der Waals surface area contributed by atoms with E-state index in [4.69, 9.17) is 0 Å². The molecule has 0 aromatic carbocycles. The lowest BCUT2D eigenvalue weighted by molar-refractivity contribution is 0.380. The number of hydrazone groups is 2. The molecule has 0 atom stereocenters. The van der Waals surface area contributed by atoms with Crippen molar-refractivity contribution >= 4 is 12.4 Å². The van der Waals surface area contributed by atoms with Crippen molar-refractivity contribution in [2.45, 2.75) is 20.3 Å². The molecule has 0 saturated carbocycles. The quantitative estimate of drug-likeness (QED) is 0.415. The van der Waals surface area contributed by atoms with Crippen molar-refractivity contribution in [1.82, 2.24) is 5.12 Å². The fraction of sp³-hybridized carbons (Fsp3) is 0.667. The van der Waals surface area contributed by atoms with Gasteiger partial charge in [0.1, 0.15) is 0 Å². The summed E-state index contributed by atoms with van der Waals surface area (Å²) in [5, 5.41) is 9.35. The van der Waals surface area contributed by atoms with E-state index >= 15 is 0 Å². The standard InChI is InChI=1S/C6H13N3/c1-4-6-8-9(3)7-5-2/h5-6H,4H2,1-3H3. The zero-order chi connectivity index (χ0) is 7.11. The zero-order valence-corrected chi connectivity index (χ0v) is 6.20. The predicted octanol–water partition coefficient (Wildman–Crippen LogP) is 1.32. The molecule has 0 N–H and O–H groups in total. The van der Waals surface area contributed by atoms with Crippen LogP contribution in [0.4, 0.5) is 0 Å². The molecule has 3 heteroatoms. The van der Waals surface area contributed by atoms with Gasteiger partial charge in [-0.15, -0.1) is 0 Å². The molecule has 0 aliphatic heterocycles. The Labute approximate surface area is 56.1 Å². The number of hydrogen-bond donors (Lipinski definition) is 0. The van der Waals surface area contributed by atoms with Gasteiger partial charge in [0.25, 0.3) is 0 Å². The normalized spacial score (nSPS) is 11.4. The van der Waals surface area contributed by atoms with Crippen LogP contribution in [0.5, 0.6) is 0 Å². The smallest absolute Gasteiger partial charge is 0.0495 e. The SMILES string of the molecule is CC=NN(C)N=CCC. The van der Waals surface area contributed by atoms with Gasteiger partial charge in [-0.1, -0.05) is 6.92 Å². The summed E-state index contributed by atoms with van der Waals surface area (Å²) >= 11 is 0. The highest BCUT2D eigenvalue weighted by Crippen LogP contribution is 1.81. The van der Waals surface area contributed by atoms with E-state index in [0.29, 0.717) is 0 Å². The molecular formula is C6H13N3. The van der Waals surface area contributed by atoms with Gasteiger partial charge < -0.3 is 0 Å². The van der Waals surface area contributed by atoms with Gasteiger partial charge in [-0.05, 0) is 13.3 Å². The van der Waals surface area contributed by atoms with Crippen molar-refractivity contribution in [3.05, 3.63) is 0 Å². The first-order valence-corrected chi connectivity index (χ1v) is 3.06. The Hall–Kier alpha value is -0.860. The Kier molecular flexibility index (Phi) is 4.78. The second kappa shape index (κ2) is 5.28. The van der Waals surface area contributed by atoms with Crippen LogP contribution in [0.1, 0.15) is 20.3 Å². The number of hydrogen-bond acceptors (Lipinski definition) is 3. The molecule has 0 amide bonds. The topological polar surface area (TPSA) is 28.0 Å². The molecule has 9 heavy (non-hydrogen) atoms. The fourth-order valence-electron chi connectivity index (χ4n) is 0.397. The van der Waals surface area contributed by atoms with Crippen LogP contribution in [0.2, 0.25) is 0 Å². The Morgan fingerprint density at radius 2 is 2.11 bits per heavy atom. The van der Waals surface area contributed by atoms with Gasteiger partial charge in [-0.2, -0.15) is 15.3 Å². The second-order valence-electron chi connectivity index (χ2n) is 1.57. The molecule has 0 aromatic rings. The number of rotatable bonds is 3.